The first-order valence-corrected chi connectivity index (χ1v) is 24.2. The zero-order valence-corrected chi connectivity index (χ0v) is 38.6. The van der Waals surface area contributed by atoms with Crippen LogP contribution in [0.1, 0.15) is 22.3 Å². The zero-order chi connectivity index (χ0) is 46.9. The molecule has 334 valence electrons. The Morgan fingerprint density at radius 3 is 0.986 bits per heavy atom. The number of para-hydroxylation sites is 4. The van der Waals surface area contributed by atoms with Crippen molar-refractivity contribution >= 4 is 34.1 Å². The number of rotatable bonds is 8. The number of hydrogen-bond acceptors (Lipinski definition) is 4. The van der Waals surface area contributed by atoms with Gasteiger partial charge in [-0.1, -0.05) is 170 Å². The quantitative estimate of drug-likeness (QED) is 0.152. The minimum atomic E-state index is -0.529. The first kappa shape index (κ1) is 40.7. The van der Waals surface area contributed by atoms with Gasteiger partial charge in [0.2, 0.25) is 0 Å². The maximum absolute atomic E-state index is 7.46. The lowest BCUT2D eigenvalue weighted by molar-refractivity contribution is 0.361. The van der Waals surface area contributed by atoms with Crippen LogP contribution in [0.5, 0.6) is 23.0 Å². The first-order chi connectivity index (χ1) is 35.2. The maximum Gasteiger partial charge on any atom is 0.178 e. The largest absolute Gasteiger partial charge is 0.449 e. The van der Waals surface area contributed by atoms with Gasteiger partial charge in [0.05, 0.1) is 5.41 Å². The molecule has 0 bridgehead atoms. The lowest BCUT2D eigenvalue weighted by Crippen LogP contribution is -2.25. The highest BCUT2D eigenvalue weighted by Crippen LogP contribution is 2.65. The van der Waals surface area contributed by atoms with Crippen molar-refractivity contribution in [3.8, 4) is 67.5 Å². The summed E-state index contributed by atoms with van der Waals surface area (Å²) in [6.45, 7) is 0. The molecule has 0 N–H and O–H groups in total. The Hall–Kier alpha value is -9.38. The smallest absolute Gasteiger partial charge is 0.178 e. The average molecular weight is 909 g/mol. The van der Waals surface area contributed by atoms with Crippen LogP contribution in [0.2, 0.25) is 0 Å². The van der Waals surface area contributed by atoms with Gasteiger partial charge in [0.15, 0.2) is 23.0 Å². The predicted octanol–water partition coefficient (Wildman–Crippen LogP) is 18.2. The lowest BCUT2D eigenvalue weighted by Gasteiger charge is -2.32. The summed E-state index contributed by atoms with van der Waals surface area (Å²) in [6.07, 6.45) is 0. The van der Waals surface area contributed by atoms with Crippen molar-refractivity contribution in [2.45, 2.75) is 5.41 Å². The molecule has 0 saturated carbocycles. The fourth-order valence-corrected chi connectivity index (χ4v) is 11.5. The highest BCUT2D eigenvalue weighted by atomic mass is 16.6. The Morgan fingerprint density at radius 2 is 0.577 bits per heavy atom. The molecule has 0 unspecified atom stereocenters. The Balaban J connectivity index is 0.967. The Morgan fingerprint density at radius 1 is 0.239 bits per heavy atom. The van der Waals surface area contributed by atoms with E-state index in [1.807, 2.05) is 0 Å². The van der Waals surface area contributed by atoms with Crippen molar-refractivity contribution in [2.24, 2.45) is 0 Å². The topological polar surface area (TPSA) is 24.9 Å². The standard InChI is InChI=1S/C67H44N2O2/c1-5-23-47(24-6-1)68(48-25-7-2-8-26-48)51-31-19-21-45(41-51)53-39-40-54(46-22-20-32-52(42-46)69(49-27-9-3-10-28-49)50-29-11-4-12-30-50)66-65(53)70-63-43-58-57-35-15-18-38-61(57)67(62(58)44-64(63)71-66)59-36-16-13-33-55(59)56-34-14-17-37-60(56)67/h1-44H. The van der Waals surface area contributed by atoms with E-state index in [1.54, 1.807) is 0 Å². The van der Waals surface area contributed by atoms with Crippen LogP contribution < -0.4 is 19.3 Å². The second kappa shape index (κ2) is 16.4. The lowest BCUT2D eigenvalue weighted by atomic mass is 9.70. The Labute approximate surface area is 413 Å². The van der Waals surface area contributed by atoms with E-state index in [2.05, 4.69) is 277 Å². The van der Waals surface area contributed by atoms with E-state index in [0.29, 0.717) is 23.0 Å². The summed E-state index contributed by atoms with van der Waals surface area (Å²) in [5, 5.41) is 0. The van der Waals surface area contributed by atoms with Crippen molar-refractivity contribution in [2.75, 3.05) is 9.80 Å². The van der Waals surface area contributed by atoms with Gasteiger partial charge in [-0.05, 0) is 153 Å². The van der Waals surface area contributed by atoms with Crippen LogP contribution in [0, 0.1) is 0 Å². The summed E-state index contributed by atoms with van der Waals surface area (Å²) in [5.74, 6) is 2.70. The third kappa shape index (κ3) is 6.39. The second-order valence-electron chi connectivity index (χ2n) is 18.4. The molecule has 11 aromatic rings. The van der Waals surface area contributed by atoms with E-state index < -0.39 is 5.41 Å². The van der Waals surface area contributed by atoms with E-state index in [4.69, 9.17) is 9.47 Å². The fourth-order valence-electron chi connectivity index (χ4n) is 11.5. The molecule has 3 aliphatic rings. The zero-order valence-electron chi connectivity index (χ0n) is 38.6. The summed E-state index contributed by atoms with van der Waals surface area (Å²) in [4.78, 5) is 4.59. The first-order valence-electron chi connectivity index (χ1n) is 24.2. The minimum Gasteiger partial charge on any atom is -0.449 e. The molecule has 0 atom stereocenters. The molecule has 1 aliphatic heterocycles. The molecule has 71 heavy (non-hydrogen) atoms. The van der Waals surface area contributed by atoms with Crippen molar-refractivity contribution in [1.82, 2.24) is 0 Å². The summed E-state index contributed by atoms with van der Waals surface area (Å²) < 4.78 is 14.9. The van der Waals surface area contributed by atoms with Crippen molar-refractivity contribution in [3.63, 3.8) is 0 Å². The van der Waals surface area contributed by atoms with E-state index in [0.717, 1.165) is 61.9 Å². The van der Waals surface area contributed by atoms with Gasteiger partial charge >= 0.3 is 0 Å². The number of benzene rings is 11. The summed E-state index contributed by atoms with van der Waals surface area (Å²) in [7, 11) is 0. The van der Waals surface area contributed by atoms with Crippen LogP contribution >= 0.6 is 0 Å². The molecule has 14 rings (SSSR count). The van der Waals surface area contributed by atoms with Crippen molar-refractivity contribution < 1.29 is 9.47 Å². The number of nitrogens with zero attached hydrogens (tertiary/aromatic N) is 2. The van der Waals surface area contributed by atoms with Gasteiger partial charge in [-0.2, -0.15) is 0 Å². The SMILES string of the molecule is c1ccc(N(c2ccccc2)c2cccc(-c3ccc(-c4cccc(N(c5ccccc5)c5ccccc5)c4)c4c3Oc3cc5c(cc3O4)C3(c4ccccc4-c4ccccc43)c3ccccc3-5)c2)cc1. The number of fused-ring (bicyclic) bond motifs is 12. The number of ether oxygens (including phenoxy) is 2. The van der Waals surface area contributed by atoms with Crippen LogP contribution in [0.4, 0.5) is 34.1 Å². The third-order valence-corrected chi connectivity index (χ3v) is 14.5. The molecule has 11 aromatic carbocycles. The summed E-state index contributed by atoms with van der Waals surface area (Å²) in [6, 6.07) is 95.2. The minimum absolute atomic E-state index is 0.529. The van der Waals surface area contributed by atoms with E-state index in [1.165, 1.54) is 38.9 Å². The number of hydrogen-bond donors (Lipinski definition) is 0. The van der Waals surface area contributed by atoms with E-state index in [9.17, 15) is 0 Å². The monoisotopic (exact) mass is 908 g/mol. The highest BCUT2D eigenvalue weighted by molar-refractivity contribution is 5.97. The molecular weight excluding hydrogens is 865 g/mol. The summed E-state index contributed by atoms with van der Waals surface area (Å²) in [5.41, 5.74) is 19.6. The molecule has 0 radical (unpaired) electrons. The third-order valence-electron chi connectivity index (χ3n) is 14.5. The highest BCUT2D eigenvalue weighted by Gasteiger charge is 2.52. The van der Waals surface area contributed by atoms with E-state index >= 15 is 0 Å². The van der Waals surface area contributed by atoms with Crippen LogP contribution in [0.15, 0.2) is 267 Å². The summed E-state index contributed by atoms with van der Waals surface area (Å²) >= 11 is 0. The molecule has 4 nitrogen and oxygen atoms in total. The van der Waals surface area contributed by atoms with Crippen molar-refractivity contribution in [3.05, 3.63) is 289 Å². The van der Waals surface area contributed by atoms with Gasteiger partial charge in [0.1, 0.15) is 0 Å². The van der Waals surface area contributed by atoms with Gasteiger partial charge < -0.3 is 19.3 Å². The molecule has 0 fully saturated rings. The fraction of sp³-hybridized carbons (Fsp3) is 0.0149. The van der Waals surface area contributed by atoms with Gasteiger partial charge in [-0.25, -0.2) is 0 Å². The van der Waals surface area contributed by atoms with Gasteiger partial charge in [-0.3, -0.25) is 0 Å². The normalized spacial score (nSPS) is 12.8. The molecule has 1 heterocycles. The predicted molar refractivity (Wildman–Crippen MR) is 290 cm³/mol. The Kier molecular flexibility index (Phi) is 9.39. The molecule has 4 heteroatoms. The average Bonchev–Trinajstić information content (AvgIpc) is 3.91. The van der Waals surface area contributed by atoms with Gasteiger partial charge in [0.25, 0.3) is 0 Å². The maximum atomic E-state index is 7.46. The van der Waals surface area contributed by atoms with Crippen LogP contribution in [0.25, 0.3) is 44.5 Å². The molecular formula is C67H44N2O2. The van der Waals surface area contributed by atoms with Crippen molar-refractivity contribution in [1.29, 1.82) is 0 Å². The number of anilines is 6. The molecule has 0 amide bonds. The van der Waals surface area contributed by atoms with E-state index in [-0.39, 0.29) is 0 Å². The molecule has 2 aliphatic carbocycles. The van der Waals surface area contributed by atoms with Crippen LogP contribution in [-0.4, -0.2) is 0 Å². The Bertz CT molecular complexity index is 3710. The second-order valence-corrected chi connectivity index (χ2v) is 18.4. The van der Waals surface area contributed by atoms with Gasteiger partial charge in [-0.15, -0.1) is 0 Å². The molecule has 0 saturated heterocycles. The van der Waals surface area contributed by atoms with Crippen LogP contribution in [-0.2, 0) is 5.41 Å². The molecule has 1 spiro atoms. The van der Waals surface area contributed by atoms with Gasteiger partial charge in [0, 0.05) is 45.3 Å². The van der Waals surface area contributed by atoms with Crippen LogP contribution in [0.3, 0.4) is 0 Å². The molecule has 0 aromatic heterocycles.